The molecule has 2 heterocycles. The van der Waals surface area contributed by atoms with Crippen LogP contribution in [0.2, 0.25) is 0 Å². The van der Waals surface area contributed by atoms with Crippen molar-refractivity contribution in [1.82, 2.24) is 9.97 Å². The smallest absolute Gasteiger partial charge is 0.372 e. The number of nitro groups is 1. The van der Waals surface area contributed by atoms with Gasteiger partial charge in [-0.1, -0.05) is 0 Å². The minimum Gasteiger partial charge on any atom is -0.476 e. The summed E-state index contributed by atoms with van der Waals surface area (Å²) in [5.41, 5.74) is -0.282. The van der Waals surface area contributed by atoms with Gasteiger partial charge in [0.25, 0.3) is 5.88 Å². The highest BCUT2D eigenvalue weighted by atomic mass is 16.6. The van der Waals surface area contributed by atoms with Crippen LogP contribution < -0.4 is 10.1 Å². The molecule has 1 aromatic rings. The predicted octanol–water partition coefficient (Wildman–Crippen LogP) is 1.13. The van der Waals surface area contributed by atoms with E-state index in [1.807, 2.05) is 0 Å². The second kappa shape index (κ2) is 7.14. The van der Waals surface area contributed by atoms with Crippen molar-refractivity contribution < 1.29 is 19.1 Å². The van der Waals surface area contributed by atoms with E-state index in [0.717, 1.165) is 19.4 Å². The molecule has 2 rings (SSSR count). The Morgan fingerprint density at radius 2 is 2.29 bits per heavy atom. The molecule has 0 bridgehead atoms. The number of anilines is 1. The van der Waals surface area contributed by atoms with Crippen LogP contribution in [0.5, 0.6) is 5.88 Å². The van der Waals surface area contributed by atoms with Gasteiger partial charge in [-0.3, -0.25) is 10.1 Å². The number of aromatic nitrogens is 2. The molecule has 0 spiro atoms. The fourth-order valence-electron chi connectivity index (χ4n) is 2.12. The number of hydrogen-bond acceptors (Lipinski definition) is 8. The van der Waals surface area contributed by atoms with Crippen molar-refractivity contribution in [1.29, 1.82) is 0 Å². The predicted molar refractivity (Wildman–Crippen MR) is 73.4 cm³/mol. The molecule has 0 radical (unpaired) electrons. The Hall–Kier alpha value is -2.00. The normalized spacial score (nSPS) is 17.7. The van der Waals surface area contributed by atoms with E-state index in [2.05, 4.69) is 15.3 Å². The number of nitrogens with one attached hydrogen (secondary N) is 1. The molecule has 1 aliphatic heterocycles. The van der Waals surface area contributed by atoms with Crippen LogP contribution in [0.1, 0.15) is 18.7 Å². The standard InChI is InChI=1S/C12H18N4O5/c1-19-7-9-14-11(13-6-8-4-3-5-21-8)10(16(17)18)12(15-9)20-2/h8H,3-7H2,1-2H3,(H,13,14,15). The number of nitrogens with zero attached hydrogens (tertiary/aromatic N) is 3. The second-order valence-corrected chi connectivity index (χ2v) is 4.55. The molecular formula is C12H18N4O5. The van der Waals surface area contributed by atoms with Crippen LogP contribution in [0, 0.1) is 10.1 Å². The molecule has 1 N–H and O–H groups in total. The molecule has 1 saturated heterocycles. The Labute approximate surface area is 121 Å². The summed E-state index contributed by atoms with van der Waals surface area (Å²) < 4.78 is 15.4. The van der Waals surface area contributed by atoms with E-state index in [1.165, 1.54) is 14.2 Å². The minimum absolute atomic E-state index is 0.0384. The zero-order chi connectivity index (χ0) is 15.2. The van der Waals surface area contributed by atoms with Crippen LogP contribution >= 0.6 is 0 Å². The first-order valence-electron chi connectivity index (χ1n) is 6.59. The van der Waals surface area contributed by atoms with E-state index in [4.69, 9.17) is 14.2 Å². The third kappa shape index (κ3) is 3.76. The Balaban J connectivity index is 2.25. The van der Waals surface area contributed by atoms with Gasteiger partial charge in [0.2, 0.25) is 5.82 Å². The van der Waals surface area contributed by atoms with Crippen molar-refractivity contribution in [3.8, 4) is 5.88 Å². The van der Waals surface area contributed by atoms with Gasteiger partial charge in [-0.25, -0.2) is 4.98 Å². The molecular weight excluding hydrogens is 280 g/mol. The Morgan fingerprint density at radius 1 is 1.48 bits per heavy atom. The summed E-state index contributed by atoms with van der Waals surface area (Å²) in [6.45, 7) is 1.31. The third-order valence-corrected chi connectivity index (χ3v) is 3.07. The summed E-state index contributed by atoms with van der Waals surface area (Å²) in [4.78, 5) is 18.7. The van der Waals surface area contributed by atoms with Gasteiger partial charge in [0, 0.05) is 20.3 Å². The molecule has 9 nitrogen and oxygen atoms in total. The summed E-state index contributed by atoms with van der Waals surface area (Å²) in [6, 6.07) is 0. The van der Waals surface area contributed by atoms with Gasteiger partial charge in [0.1, 0.15) is 6.61 Å². The first kappa shape index (κ1) is 15.4. The van der Waals surface area contributed by atoms with Crippen LogP contribution in [-0.4, -0.2) is 48.4 Å². The summed E-state index contributed by atoms with van der Waals surface area (Å²) >= 11 is 0. The minimum atomic E-state index is -0.562. The van der Waals surface area contributed by atoms with Crippen LogP contribution in [0.25, 0.3) is 0 Å². The molecule has 9 heteroatoms. The molecule has 0 aliphatic carbocycles. The van der Waals surface area contributed by atoms with Crippen molar-refractivity contribution in [2.75, 3.05) is 32.7 Å². The number of ether oxygens (including phenoxy) is 3. The average molecular weight is 298 g/mol. The molecule has 0 amide bonds. The lowest BCUT2D eigenvalue weighted by atomic mass is 10.2. The van der Waals surface area contributed by atoms with Crippen LogP contribution in [0.15, 0.2) is 0 Å². The molecule has 116 valence electrons. The molecule has 21 heavy (non-hydrogen) atoms. The van der Waals surface area contributed by atoms with Gasteiger partial charge in [-0.05, 0) is 12.8 Å². The maximum absolute atomic E-state index is 11.2. The van der Waals surface area contributed by atoms with Gasteiger partial charge in [0.15, 0.2) is 5.82 Å². The van der Waals surface area contributed by atoms with E-state index < -0.39 is 4.92 Å². The van der Waals surface area contributed by atoms with Crippen LogP contribution in [0.3, 0.4) is 0 Å². The van der Waals surface area contributed by atoms with E-state index in [-0.39, 0.29) is 30.1 Å². The van der Waals surface area contributed by atoms with Gasteiger partial charge in [-0.2, -0.15) is 4.98 Å². The van der Waals surface area contributed by atoms with Crippen molar-refractivity contribution in [3.05, 3.63) is 15.9 Å². The van der Waals surface area contributed by atoms with Crippen molar-refractivity contribution >= 4 is 11.5 Å². The van der Waals surface area contributed by atoms with E-state index >= 15 is 0 Å². The maximum atomic E-state index is 11.2. The fraction of sp³-hybridized carbons (Fsp3) is 0.667. The van der Waals surface area contributed by atoms with Gasteiger partial charge < -0.3 is 19.5 Å². The Morgan fingerprint density at radius 3 is 2.86 bits per heavy atom. The highest BCUT2D eigenvalue weighted by Crippen LogP contribution is 2.32. The van der Waals surface area contributed by atoms with E-state index in [0.29, 0.717) is 12.4 Å². The molecule has 1 aliphatic rings. The summed E-state index contributed by atoms with van der Waals surface area (Å²) in [6.07, 6.45) is 1.96. The lowest BCUT2D eigenvalue weighted by molar-refractivity contribution is -0.385. The lowest BCUT2D eigenvalue weighted by Gasteiger charge is -2.13. The zero-order valence-corrected chi connectivity index (χ0v) is 12.0. The molecule has 1 unspecified atom stereocenters. The van der Waals surface area contributed by atoms with E-state index in [1.54, 1.807) is 0 Å². The largest absolute Gasteiger partial charge is 0.476 e. The van der Waals surface area contributed by atoms with E-state index in [9.17, 15) is 10.1 Å². The molecule has 1 fully saturated rings. The van der Waals surface area contributed by atoms with Crippen LogP contribution in [0.4, 0.5) is 11.5 Å². The monoisotopic (exact) mass is 298 g/mol. The van der Waals surface area contributed by atoms with Gasteiger partial charge >= 0.3 is 5.69 Å². The topological polar surface area (TPSA) is 109 Å². The molecule has 0 saturated carbocycles. The summed E-state index contributed by atoms with van der Waals surface area (Å²) in [5.74, 6) is 0.348. The number of rotatable bonds is 7. The van der Waals surface area contributed by atoms with Gasteiger partial charge in [-0.15, -0.1) is 0 Å². The lowest BCUT2D eigenvalue weighted by Crippen LogP contribution is -2.20. The zero-order valence-electron chi connectivity index (χ0n) is 12.0. The van der Waals surface area contributed by atoms with Crippen molar-refractivity contribution in [2.24, 2.45) is 0 Å². The highest BCUT2D eigenvalue weighted by Gasteiger charge is 2.27. The first-order chi connectivity index (χ1) is 10.2. The molecule has 1 atom stereocenters. The summed E-state index contributed by atoms with van der Waals surface area (Å²) in [7, 11) is 2.83. The average Bonchev–Trinajstić information content (AvgIpc) is 2.97. The van der Waals surface area contributed by atoms with Crippen molar-refractivity contribution in [3.63, 3.8) is 0 Å². The quantitative estimate of drug-likeness (QED) is 0.589. The molecule has 0 aromatic carbocycles. The second-order valence-electron chi connectivity index (χ2n) is 4.55. The fourth-order valence-corrected chi connectivity index (χ4v) is 2.12. The van der Waals surface area contributed by atoms with Crippen LogP contribution in [-0.2, 0) is 16.1 Å². The first-order valence-corrected chi connectivity index (χ1v) is 6.59. The SMILES string of the molecule is COCc1nc(NCC2CCCO2)c([N+](=O)[O-])c(OC)n1. The highest BCUT2D eigenvalue weighted by molar-refractivity contribution is 5.61. The maximum Gasteiger partial charge on any atom is 0.372 e. The molecule has 1 aromatic heterocycles. The number of methoxy groups -OCH3 is 2. The van der Waals surface area contributed by atoms with Gasteiger partial charge in [0.05, 0.1) is 18.1 Å². The number of hydrogen-bond donors (Lipinski definition) is 1. The third-order valence-electron chi connectivity index (χ3n) is 3.07. The Kier molecular flexibility index (Phi) is 5.23. The Bertz CT molecular complexity index is 505. The van der Waals surface area contributed by atoms with Crippen molar-refractivity contribution in [2.45, 2.75) is 25.6 Å². The summed E-state index contributed by atoms with van der Waals surface area (Å²) in [5, 5.41) is 14.2.